The first kappa shape index (κ1) is 9.67. The van der Waals surface area contributed by atoms with Gasteiger partial charge in [0.1, 0.15) is 0 Å². The van der Waals surface area contributed by atoms with Gasteiger partial charge in [0.05, 0.1) is 11.7 Å². The molecule has 1 aromatic heterocycles. The van der Waals surface area contributed by atoms with Gasteiger partial charge in [-0.25, -0.2) is 9.48 Å². The van der Waals surface area contributed by atoms with E-state index in [9.17, 15) is 4.79 Å². The van der Waals surface area contributed by atoms with Crippen LogP contribution >= 0.6 is 0 Å². The third-order valence-corrected chi connectivity index (χ3v) is 2.16. The molecule has 0 spiro atoms. The molecule has 0 radical (unpaired) electrons. The Morgan fingerprint density at radius 1 is 1.53 bits per heavy atom. The summed E-state index contributed by atoms with van der Waals surface area (Å²) in [4.78, 5) is 10.9. The van der Waals surface area contributed by atoms with E-state index in [4.69, 9.17) is 9.84 Å². The molecule has 0 fully saturated rings. The molecule has 1 N–H and O–H groups in total. The lowest BCUT2D eigenvalue weighted by atomic mass is 10.2. The average Bonchev–Trinajstić information content (AvgIpc) is 2.63. The van der Waals surface area contributed by atoms with Gasteiger partial charge in [0, 0.05) is 12.5 Å². The number of methoxy groups -OCH3 is 1. The van der Waals surface area contributed by atoms with Crippen molar-refractivity contribution in [1.82, 2.24) is 9.78 Å². The van der Waals surface area contributed by atoms with Gasteiger partial charge in [0.25, 0.3) is 0 Å². The van der Waals surface area contributed by atoms with E-state index in [0.29, 0.717) is 0 Å². The number of benzene rings is 1. The van der Waals surface area contributed by atoms with E-state index in [-0.39, 0.29) is 0 Å². The van der Waals surface area contributed by atoms with E-state index in [1.165, 1.54) is 11.8 Å². The molecule has 1 unspecified atom stereocenters. The van der Waals surface area contributed by atoms with Crippen molar-refractivity contribution in [2.45, 2.75) is 6.23 Å². The molecule has 0 saturated heterocycles. The van der Waals surface area contributed by atoms with Gasteiger partial charge in [-0.1, -0.05) is 18.2 Å². The summed E-state index contributed by atoms with van der Waals surface area (Å²) in [7, 11) is 1.34. The molecule has 0 saturated carbocycles. The second kappa shape index (κ2) is 3.70. The Morgan fingerprint density at radius 2 is 2.27 bits per heavy atom. The third kappa shape index (κ3) is 1.57. The lowest BCUT2D eigenvalue weighted by molar-refractivity contribution is -0.155. The number of rotatable bonds is 3. The molecule has 0 amide bonds. The molecular formula is C10H10N2O3. The fourth-order valence-corrected chi connectivity index (χ4v) is 1.48. The highest BCUT2D eigenvalue weighted by molar-refractivity contribution is 5.80. The maximum atomic E-state index is 10.9. The van der Waals surface area contributed by atoms with Crippen LogP contribution in [0.4, 0.5) is 0 Å². The van der Waals surface area contributed by atoms with Crippen LogP contribution in [0.5, 0.6) is 0 Å². The quantitative estimate of drug-likeness (QED) is 0.821. The molecule has 15 heavy (non-hydrogen) atoms. The zero-order chi connectivity index (χ0) is 10.8. The molecule has 1 atom stereocenters. The number of nitrogens with zero attached hydrogens (tertiary/aromatic N) is 2. The minimum Gasteiger partial charge on any atom is -0.478 e. The highest BCUT2D eigenvalue weighted by Gasteiger charge is 2.20. The van der Waals surface area contributed by atoms with Gasteiger partial charge in [-0.2, -0.15) is 5.10 Å². The van der Waals surface area contributed by atoms with E-state index >= 15 is 0 Å². The molecular weight excluding hydrogens is 196 g/mol. The SMILES string of the molecule is COC(C(=O)O)n1ncc2ccccc21. The molecule has 5 heteroatoms. The number of ether oxygens (including phenoxy) is 1. The van der Waals surface area contributed by atoms with Crippen LogP contribution in [0.15, 0.2) is 30.5 Å². The van der Waals surface area contributed by atoms with Crippen LogP contribution < -0.4 is 0 Å². The van der Waals surface area contributed by atoms with Crippen LogP contribution in [0.2, 0.25) is 0 Å². The maximum Gasteiger partial charge on any atom is 0.356 e. The Hall–Kier alpha value is -1.88. The van der Waals surface area contributed by atoms with Crippen LogP contribution in [0.3, 0.4) is 0 Å². The second-order valence-corrected chi connectivity index (χ2v) is 3.07. The first-order chi connectivity index (χ1) is 7.24. The molecule has 0 aliphatic heterocycles. The summed E-state index contributed by atoms with van der Waals surface area (Å²) in [5.74, 6) is -1.06. The molecule has 5 nitrogen and oxygen atoms in total. The van der Waals surface area contributed by atoms with Crippen molar-refractivity contribution in [3.05, 3.63) is 30.5 Å². The minimum atomic E-state index is -1.08. The summed E-state index contributed by atoms with van der Waals surface area (Å²) in [6.07, 6.45) is 0.537. The lowest BCUT2D eigenvalue weighted by Crippen LogP contribution is -2.21. The summed E-state index contributed by atoms with van der Waals surface area (Å²) in [6, 6.07) is 7.37. The number of carboxylic acids is 1. The van der Waals surface area contributed by atoms with Crippen LogP contribution in [0.25, 0.3) is 10.9 Å². The number of para-hydroxylation sites is 1. The Bertz CT molecular complexity index is 492. The summed E-state index contributed by atoms with van der Waals surface area (Å²) in [5.41, 5.74) is 0.742. The molecule has 0 aliphatic rings. The van der Waals surface area contributed by atoms with Gasteiger partial charge in [-0.3, -0.25) is 0 Å². The first-order valence-electron chi connectivity index (χ1n) is 4.42. The number of carbonyl (C=O) groups is 1. The van der Waals surface area contributed by atoms with Crippen LogP contribution in [0.1, 0.15) is 6.23 Å². The number of aliphatic carboxylic acids is 1. The van der Waals surface area contributed by atoms with Crippen molar-refractivity contribution in [2.75, 3.05) is 7.11 Å². The average molecular weight is 206 g/mol. The van der Waals surface area contributed by atoms with Crippen LogP contribution in [-0.4, -0.2) is 28.0 Å². The van der Waals surface area contributed by atoms with E-state index in [1.54, 1.807) is 12.3 Å². The highest BCUT2D eigenvalue weighted by Crippen LogP contribution is 2.17. The fourth-order valence-electron chi connectivity index (χ4n) is 1.48. The van der Waals surface area contributed by atoms with Gasteiger partial charge in [-0.15, -0.1) is 0 Å². The van der Waals surface area contributed by atoms with E-state index in [0.717, 1.165) is 10.9 Å². The molecule has 78 valence electrons. The largest absolute Gasteiger partial charge is 0.478 e. The topological polar surface area (TPSA) is 64.3 Å². The van der Waals surface area contributed by atoms with E-state index in [2.05, 4.69) is 5.10 Å². The highest BCUT2D eigenvalue weighted by atomic mass is 16.5. The second-order valence-electron chi connectivity index (χ2n) is 3.07. The van der Waals surface area contributed by atoms with Crippen LogP contribution in [-0.2, 0) is 9.53 Å². The summed E-state index contributed by atoms with van der Waals surface area (Å²) in [5, 5.41) is 13.8. The van der Waals surface area contributed by atoms with E-state index < -0.39 is 12.2 Å². The number of fused-ring (bicyclic) bond motifs is 1. The predicted octanol–water partition coefficient (Wildman–Crippen LogP) is 1.27. The third-order valence-electron chi connectivity index (χ3n) is 2.16. The van der Waals surface area contributed by atoms with Gasteiger partial charge in [-0.05, 0) is 6.07 Å². The van der Waals surface area contributed by atoms with Crippen molar-refractivity contribution < 1.29 is 14.6 Å². The molecule has 0 bridgehead atoms. The number of hydrogen-bond donors (Lipinski definition) is 1. The van der Waals surface area contributed by atoms with Gasteiger partial charge in [0.2, 0.25) is 6.23 Å². The van der Waals surface area contributed by atoms with Crippen molar-refractivity contribution >= 4 is 16.9 Å². The Balaban J connectivity index is 2.55. The number of carboxylic acid groups (broad SMARTS) is 1. The summed E-state index contributed by atoms with van der Waals surface area (Å²) in [6.45, 7) is 0. The van der Waals surface area contributed by atoms with Crippen LogP contribution in [0, 0.1) is 0 Å². The van der Waals surface area contributed by atoms with Gasteiger partial charge in [0.15, 0.2) is 0 Å². The molecule has 2 aromatic rings. The van der Waals surface area contributed by atoms with E-state index in [1.807, 2.05) is 18.2 Å². The molecule has 2 rings (SSSR count). The zero-order valence-corrected chi connectivity index (χ0v) is 8.12. The Morgan fingerprint density at radius 3 is 2.93 bits per heavy atom. The van der Waals surface area contributed by atoms with Gasteiger partial charge >= 0.3 is 5.97 Å². The van der Waals surface area contributed by atoms with Crippen molar-refractivity contribution in [3.8, 4) is 0 Å². The van der Waals surface area contributed by atoms with Crippen molar-refractivity contribution in [2.24, 2.45) is 0 Å². The first-order valence-corrected chi connectivity index (χ1v) is 4.42. The predicted molar refractivity (Wildman–Crippen MR) is 53.4 cm³/mol. The van der Waals surface area contributed by atoms with Crippen molar-refractivity contribution in [3.63, 3.8) is 0 Å². The standard InChI is InChI=1S/C10H10N2O3/c1-15-9(10(13)14)12-8-5-3-2-4-7(8)6-11-12/h2-6,9H,1H3,(H,13,14). The Kier molecular flexibility index (Phi) is 2.39. The smallest absolute Gasteiger partial charge is 0.356 e. The normalized spacial score (nSPS) is 12.9. The Labute approximate surface area is 85.9 Å². The summed E-state index contributed by atoms with van der Waals surface area (Å²) >= 11 is 0. The minimum absolute atomic E-state index is 0.742. The monoisotopic (exact) mass is 206 g/mol. The van der Waals surface area contributed by atoms with Crippen molar-refractivity contribution in [1.29, 1.82) is 0 Å². The number of hydrogen-bond acceptors (Lipinski definition) is 3. The molecule has 1 aromatic carbocycles. The van der Waals surface area contributed by atoms with Gasteiger partial charge < -0.3 is 9.84 Å². The number of aromatic nitrogens is 2. The summed E-state index contributed by atoms with van der Waals surface area (Å²) < 4.78 is 6.21. The fraction of sp³-hybridized carbons (Fsp3) is 0.200. The lowest BCUT2D eigenvalue weighted by Gasteiger charge is -2.11. The maximum absolute atomic E-state index is 10.9. The molecule has 0 aliphatic carbocycles. The zero-order valence-electron chi connectivity index (χ0n) is 8.12. The molecule has 1 heterocycles.